The summed E-state index contributed by atoms with van der Waals surface area (Å²) in [7, 11) is 0. The summed E-state index contributed by atoms with van der Waals surface area (Å²) in [4.78, 5) is 18.5. The molecule has 1 aliphatic rings. The first-order valence-electron chi connectivity index (χ1n) is 6.89. The fourth-order valence-corrected chi connectivity index (χ4v) is 2.24. The Bertz CT molecular complexity index is 432. The van der Waals surface area contributed by atoms with E-state index in [-0.39, 0.29) is 18.6 Å². The van der Waals surface area contributed by atoms with Crippen molar-refractivity contribution in [1.29, 1.82) is 0 Å². The van der Waals surface area contributed by atoms with Gasteiger partial charge in [0.05, 0.1) is 6.61 Å². The predicted molar refractivity (Wildman–Crippen MR) is 74.2 cm³/mol. The number of nitrogens with one attached hydrogen (secondary N) is 1. The van der Waals surface area contributed by atoms with Gasteiger partial charge in [-0.3, -0.25) is 4.79 Å². The molecule has 104 valence electrons. The standard InChI is InChI=1S/C14H21N3O2/c1-2-15-13-8-4-7-12(16-13)14(19)17(9-10-18)11-5-3-6-11/h4,7-8,11,18H,2-3,5-6,9-10H2,1H3,(H,15,16). The van der Waals surface area contributed by atoms with E-state index in [2.05, 4.69) is 10.3 Å². The first-order valence-corrected chi connectivity index (χ1v) is 6.89. The van der Waals surface area contributed by atoms with Crippen molar-refractivity contribution in [2.45, 2.75) is 32.2 Å². The average molecular weight is 263 g/mol. The van der Waals surface area contributed by atoms with Crippen molar-refractivity contribution in [2.75, 3.05) is 25.0 Å². The zero-order valence-corrected chi connectivity index (χ0v) is 11.3. The van der Waals surface area contributed by atoms with Gasteiger partial charge in [0.15, 0.2) is 0 Å². The Labute approximate surface area is 113 Å². The molecule has 0 aromatic carbocycles. The van der Waals surface area contributed by atoms with Crippen LogP contribution < -0.4 is 5.32 Å². The lowest BCUT2D eigenvalue weighted by Crippen LogP contribution is -2.45. The molecule has 0 bridgehead atoms. The summed E-state index contributed by atoms with van der Waals surface area (Å²) >= 11 is 0. The monoisotopic (exact) mass is 263 g/mol. The summed E-state index contributed by atoms with van der Waals surface area (Å²) < 4.78 is 0. The lowest BCUT2D eigenvalue weighted by Gasteiger charge is -2.37. The smallest absolute Gasteiger partial charge is 0.272 e. The van der Waals surface area contributed by atoms with E-state index in [1.54, 1.807) is 11.0 Å². The van der Waals surface area contributed by atoms with E-state index in [1.807, 2.05) is 19.1 Å². The van der Waals surface area contributed by atoms with Gasteiger partial charge in [0.2, 0.25) is 0 Å². The van der Waals surface area contributed by atoms with Gasteiger partial charge in [-0.25, -0.2) is 4.98 Å². The summed E-state index contributed by atoms with van der Waals surface area (Å²) in [6.45, 7) is 3.14. The zero-order chi connectivity index (χ0) is 13.7. The highest BCUT2D eigenvalue weighted by Gasteiger charge is 2.29. The predicted octanol–water partition coefficient (Wildman–Crippen LogP) is 1.50. The number of aliphatic hydroxyl groups excluding tert-OH is 1. The molecular formula is C14H21N3O2. The average Bonchev–Trinajstić information content (AvgIpc) is 2.36. The number of aromatic nitrogens is 1. The molecule has 0 atom stereocenters. The molecule has 0 unspecified atom stereocenters. The van der Waals surface area contributed by atoms with E-state index in [9.17, 15) is 4.79 Å². The number of carbonyl (C=O) groups is 1. The van der Waals surface area contributed by atoms with Gasteiger partial charge >= 0.3 is 0 Å². The Morgan fingerprint density at radius 1 is 1.53 bits per heavy atom. The van der Waals surface area contributed by atoms with Crippen molar-refractivity contribution >= 4 is 11.7 Å². The van der Waals surface area contributed by atoms with E-state index in [1.165, 1.54) is 0 Å². The van der Waals surface area contributed by atoms with Crippen molar-refractivity contribution in [3.63, 3.8) is 0 Å². The molecule has 1 heterocycles. The minimum absolute atomic E-state index is 0.00482. The molecule has 1 saturated carbocycles. The molecule has 2 rings (SSSR count). The first kappa shape index (κ1) is 13.8. The van der Waals surface area contributed by atoms with Crippen LogP contribution in [0.4, 0.5) is 5.82 Å². The van der Waals surface area contributed by atoms with Gasteiger partial charge in [-0.1, -0.05) is 6.07 Å². The van der Waals surface area contributed by atoms with Crippen LogP contribution in [0, 0.1) is 0 Å². The van der Waals surface area contributed by atoms with Crippen LogP contribution in [-0.4, -0.2) is 46.6 Å². The van der Waals surface area contributed by atoms with E-state index in [4.69, 9.17) is 5.11 Å². The molecule has 1 aromatic rings. The lowest BCUT2D eigenvalue weighted by atomic mass is 9.91. The van der Waals surface area contributed by atoms with E-state index in [0.29, 0.717) is 18.1 Å². The number of amides is 1. The van der Waals surface area contributed by atoms with Gasteiger partial charge in [0.1, 0.15) is 11.5 Å². The van der Waals surface area contributed by atoms with Crippen molar-refractivity contribution in [1.82, 2.24) is 9.88 Å². The minimum atomic E-state index is -0.0847. The molecule has 5 heteroatoms. The third-order valence-electron chi connectivity index (χ3n) is 3.44. The second kappa shape index (κ2) is 6.52. The van der Waals surface area contributed by atoms with Crippen LogP contribution in [0.3, 0.4) is 0 Å². The van der Waals surface area contributed by atoms with E-state index < -0.39 is 0 Å². The quantitative estimate of drug-likeness (QED) is 0.816. The molecule has 0 spiro atoms. The Hall–Kier alpha value is -1.62. The van der Waals surface area contributed by atoms with Gasteiger partial charge in [0.25, 0.3) is 5.91 Å². The number of aliphatic hydroxyl groups is 1. The van der Waals surface area contributed by atoms with Crippen molar-refractivity contribution in [3.05, 3.63) is 23.9 Å². The van der Waals surface area contributed by atoms with Gasteiger partial charge in [0, 0.05) is 19.1 Å². The van der Waals surface area contributed by atoms with Crippen LogP contribution in [0.25, 0.3) is 0 Å². The van der Waals surface area contributed by atoms with Crippen LogP contribution in [-0.2, 0) is 0 Å². The maximum Gasteiger partial charge on any atom is 0.272 e. The van der Waals surface area contributed by atoms with Crippen molar-refractivity contribution in [2.24, 2.45) is 0 Å². The number of nitrogens with zero attached hydrogens (tertiary/aromatic N) is 2. The SMILES string of the molecule is CCNc1cccc(C(=O)N(CCO)C2CCC2)n1. The fourth-order valence-electron chi connectivity index (χ4n) is 2.24. The molecule has 0 aliphatic heterocycles. The number of rotatable bonds is 6. The van der Waals surface area contributed by atoms with Crippen LogP contribution in [0.1, 0.15) is 36.7 Å². The third kappa shape index (κ3) is 3.23. The van der Waals surface area contributed by atoms with Crippen LogP contribution in [0.5, 0.6) is 0 Å². The molecule has 0 radical (unpaired) electrons. The molecule has 1 aliphatic carbocycles. The number of pyridine rings is 1. The first-order chi connectivity index (χ1) is 9.26. The maximum atomic E-state index is 12.5. The van der Waals surface area contributed by atoms with Crippen LogP contribution in [0.15, 0.2) is 18.2 Å². The number of hydrogen-bond donors (Lipinski definition) is 2. The lowest BCUT2D eigenvalue weighted by molar-refractivity contribution is 0.0520. The Kier molecular flexibility index (Phi) is 4.74. The zero-order valence-electron chi connectivity index (χ0n) is 11.3. The Morgan fingerprint density at radius 2 is 2.32 bits per heavy atom. The summed E-state index contributed by atoms with van der Waals surface area (Å²) in [5.41, 5.74) is 0.443. The maximum absolute atomic E-state index is 12.5. The second-order valence-electron chi connectivity index (χ2n) is 4.75. The summed E-state index contributed by atoms with van der Waals surface area (Å²) in [6, 6.07) is 5.67. The highest BCUT2D eigenvalue weighted by Crippen LogP contribution is 2.25. The molecular weight excluding hydrogens is 242 g/mol. The topological polar surface area (TPSA) is 65.5 Å². The normalized spacial score (nSPS) is 14.8. The third-order valence-corrected chi connectivity index (χ3v) is 3.44. The molecule has 2 N–H and O–H groups in total. The van der Waals surface area contributed by atoms with Crippen molar-refractivity contribution in [3.8, 4) is 0 Å². The molecule has 0 saturated heterocycles. The molecule has 1 aromatic heterocycles. The van der Waals surface area contributed by atoms with Gasteiger partial charge in [-0.2, -0.15) is 0 Å². The molecule has 19 heavy (non-hydrogen) atoms. The summed E-state index contributed by atoms with van der Waals surface area (Å²) in [6.07, 6.45) is 3.21. The Morgan fingerprint density at radius 3 is 2.89 bits per heavy atom. The van der Waals surface area contributed by atoms with E-state index >= 15 is 0 Å². The fraction of sp³-hybridized carbons (Fsp3) is 0.571. The highest BCUT2D eigenvalue weighted by atomic mass is 16.3. The number of hydrogen-bond acceptors (Lipinski definition) is 4. The minimum Gasteiger partial charge on any atom is -0.395 e. The van der Waals surface area contributed by atoms with E-state index in [0.717, 1.165) is 25.8 Å². The highest BCUT2D eigenvalue weighted by molar-refractivity contribution is 5.93. The molecule has 1 fully saturated rings. The number of carbonyl (C=O) groups excluding carboxylic acids is 1. The largest absolute Gasteiger partial charge is 0.395 e. The van der Waals surface area contributed by atoms with Crippen molar-refractivity contribution < 1.29 is 9.90 Å². The number of anilines is 1. The van der Waals surface area contributed by atoms with Gasteiger partial charge in [-0.15, -0.1) is 0 Å². The second-order valence-corrected chi connectivity index (χ2v) is 4.75. The van der Waals surface area contributed by atoms with Gasteiger partial charge in [-0.05, 0) is 38.3 Å². The molecule has 1 amide bonds. The summed E-state index contributed by atoms with van der Waals surface area (Å²) in [5, 5.41) is 12.2. The van der Waals surface area contributed by atoms with Gasteiger partial charge < -0.3 is 15.3 Å². The summed E-state index contributed by atoms with van der Waals surface area (Å²) in [5.74, 6) is 0.629. The van der Waals surface area contributed by atoms with Crippen LogP contribution >= 0.6 is 0 Å². The van der Waals surface area contributed by atoms with Crippen LogP contribution in [0.2, 0.25) is 0 Å². The molecule has 5 nitrogen and oxygen atoms in total. The Balaban J connectivity index is 2.13.